The summed E-state index contributed by atoms with van der Waals surface area (Å²) < 4.78 is 14.0. The van der Waals surface area contributed by atoms with E-state index in [-0.39, 0.29) is 5.82 Å². The molecule has 0 aliphatic carbocycles. The summed E-state index contributed by atoms with van der Waals surface area (Å²) in [6.45, 7) is 0. The van der Waals surface area contributed by atoms with E-state index in [1.165, 1.54) is 12.4 Å². The van der Waals surface area contributed by atoms with Crippen molar-refractivity contribution in [3.8, 4) is 0 Å². The molecule has 21 heavy (non-hydrogen) atoms. The van der Waals surface area contributed by atoms with Crippen molar-refractivity contribution >= 4 is 28.4 Å². The molecule has 2 aromatic heterocycles. The first-order chi connectivity index (χ1) is 10.1. The molecule has 0 fully saturated rings. The number of nitrogens with one attached hydrogen (secondary N) is 1. The molecule has 2 N–H and O–H groups in total. The molecular formula is C15H10FN3O2. The SMILES string of the molecule is O=C(O)c1ccnc(Nc2cnc3ccccc3c2)c1F. The van der Waals surface area contributed by atoms with Gasteiger partial charge in [-0.3, -0.25) is 4.98 Å². The van der Waals surface area contributed by atoms with Crippen LogP contribution >= 0.6 is 0 Å². The van der Waals surface area contributed by atoms with Crippen molar-refractivity contribution in [3.05, 3.63) is 60.2 Å². The Morgan fingerprint density at radius 1 is 1.19 bits per heavy atom. The van der Waals surface area contributed by atoms with Gasteiger partial charge in [0.15, 0.2) is 11.6 Å². The Balaban J connectivity index is 1.98. The first-order valence-electron chi connectivity index (χ1n) is 6.15. The Labute approximate surface area is 119 Å². The average molecular weight is 283 g/mol. The van der Waals surface area contributed by atoms with E-state index in [4.69, 9.17) is 5.11 Å². The first kappa shape index (κ1) is 13.0. The lowest BCUT2D eigenvalue weighted by atomic mass is 10.2. The fourth-order valence-electron chi connectivity index (χ4n) is 1.97. The van der Waals surface area contributed by atoms with E-state index >= 15 is 0 Å². The van der Waals surface area contributed by atoms with Crippen LogP contribution < -0.4 is 5.32 Å². The Morgan fingerprint density at radius 2 is 2.00 bits per heavy atom. The van der Waals surface area contributed by atoms with Gasteiger partial charge in [0.1, 0.15) is 5.56 Å². The molecule has 2 heterocycles. The number of carbonyl (C=O) groups is 1. The van der Waals surface area contributed by atoms with Gasteiger partial charge in [-0.05, 0) is 18.2 Å². The first-order valence-corrected chi connectivity index (χ1v) is 6.15. The number of fused-ring (bicyclic) bond motifs is 1. The van der Waals surface area contributed by atoms with Gasteiger partial charge in [0.25, 0.3) is 0 Å². The van der Waals surface area contributed by atoms with E-state index in [0.717, 1.165) is 17.0 Å². The number of hydrogen-bond donors (Lipinski definition) is 2. The van der Waals surface area contributed by atoms with Crippen LogP contribution in [0.1, 0.15) is 10.4 Å². The number of anilines is 2. The number of halogens is 1. The summed E-state index contributed by atoms with van der Waals surface area (Å²) in [4.78, 5) is 18.9. The van der Waals surface area contributed by atoms with E-state index in [0.29, 0.717) is 5.69 Å². The summed E-state index contributed by atoms with van der Waals surface area (Å²) in [5, 5.41) is 12.5. The number of nitrogens with zero attached hydrogens (tertiary/aromatic N) is 2. The third-order valence-corrected chi connectivity index (χ3v) is 2.97. The summed E-state index contributed by atoms with van der Waals surface area (Å²) >= 11 is 0. The number of carboxylic acids is 1. The number of carboxylic acid groups (broad SMARTS) is 1. The standard InChI is InChI=1S/C15H10FN3O2/c16-13-11(15(20)21)5-6-17-14(13)19-10-7-9-3-1-2-4-12(9)18-8-10/h1-8H,(H,17,19)(H,20,21). The molecule has 0 bridgehead atoms. The molecule has 6 heteroatoms. The van der Waals surface area contributed by atoms with Gasteiger partial charge in [-0.15, -0.1) is 0 Å². The normalized spacial score (nSPS) is 10.5. The van der Waals surface area contributed by atoms with Crippen LogP contribution in [0.15, 0.2) is 48.8 Å². The van der Waals surface area contributed by atoms with Crippen molar-refractivity contribution < 1.29 is 14.3 Å². The molecule has 3 rings (SSSR count). The molecule has 0 amide bonds. The maximum atomic E-state index is 14.0. The number of benzene rings is 1. The van der Waals surface area contributed by atoms with Crippen molar-refractivity contribution in [2.75, 3.05) is 5.32 Å². The molecule has 0 atom stereocenters. The molecule has 1 aromatic carbocycles. The van der Waals surface area contributed by atoms with Crippen molar-refractivity contribution in [1.29, 1.82) is 0 Å². The molecule has 0 unspecified atom stereocenters. The zero-order valence-electron chi connectivity index (χ0n) is 10.7. The number of hydrogen-bond acceptors (Lipinski definition) is 4. The Bertz CT molecular complexity index is 836. The lowest BCUT2D eigenvalue weighted by molar-refractivity contribution is 0.0692. The quantitative estimate of drug-likeness (QED) is 0.772. The van der Waals surface area contributed by atoms with Crippen LogP contribution in [0.25, 0.3) is 10.9 Å². The van der Waals surface area contributed by atoms with Gasteiger partial charge in [-0.25, -0.2) is 14.2 Å². The summed E-state index contributed by atoms with van der Waals surface area (Å²) in [5.74, 6) is -2.39. The van der Waals surface area contributed by atoms with E-state index in [9.17, 15) is 9.18 Å². The molecule has 0 spiro atoms. The van der Waals surface area contributed by atoms with Crippen LogP contribution in [0.2, 0.25) is 0 Å². The summed E-state index contributed by atoms with van der Waals surface area (Å²) in [6.07, 6.45) is 2.78. The molecule has 0 radical (unpaired) electrons. The minimum atomic E-state index is -1.34. The largest absolute Gasteiger partial charge is 0.478 e. The predicted molar refractivity (Wildman–Crippen MR) is 76.2 cm³/mol. The maximum absolute atomic E-state index is 14.0. The van der Waals surface area contributed by atoms with E-state index in [1.807, 2.05) is 24.3 Å². The second-order valence-corrected chi connectivity index (χ2v) is 4.37. The minimum absolute atomic E-state index is 0.146. The fourth-order valence-corrected chi connectivity index (χ4v) is 1.97. The van der Waals surface area contributed by atoms with Crippen LogP contribution in [-0.2, 0) is 0 Å². The highest BCUT2D eigenvalue weighted by atomic mass is 19.1. The molecule has 3 aromatic rings. The van der Waals surface area contributed by atoms with Crippen LogP contribution in [-0.4, -0.2) is 21.0 Å². The van der Waals surface area contributed by atoms with Gasteiger partial charge in [0.2, 0.25) is 0 Å². The fraction of sp³-hybridized carbons (Fsp3) is 0. The molecule has 0 aliphatic heterocycles. The maximum Gasteiger partial charge on any atom is 0.338 e. The van der Waals surface area contributed by atoms with Gasteiger partial charge >= 0.3 is 5.97 Å². The Kier molecular flexibility index (Phi) is 3.19. The second-order valence-electron chi connectivity index (χ2n) is 4.37. The Morgan fingerprint density at radius 3 is 2.81 bits per heavy atom. The average Bonchev–Trinajstić information content (AvgIpc) is 2.49. The van der Waals surface area contributed by atoms with Gasteiger partial charge in [0, 0.05) is 11.6 Å². The highest BCUT2D eigenvalue weighted by Gasteiger charge is 2.15. The van der Waals surface area contributed by atoms with Crippen molar-refractivity contribution in [2.45, 2.75) is 0 Å². The van der Waals surface area contributed by atoms with Crippen LogP contribution in [0.3, 0.4) is 0 Å². The van der Waals surface area contributed by atoms with Crippen molar-refractivity contribution in [2.24, 2.45) is 0 Å². The monoisotopic (exact) mass is 283 g/mol. The summed E-state index contributed by atoms with van der Waals surface area (Å²) in [5.41, 5.74) is 0.916. The lowest BCUT2D eigenvalue weighted by Crippen LogP contribution is -2.05. The number of aromatic nitrogens is 2. The van der Waals surface area contributed by atoms with Gasteiger partial charge in [-0.1, -0.05) is 18.2 Å². The van der Waals surface area contributed by atoms with E-state index in [2.05, 4.69) is 15.3 Å². The number of aromatic carboxylic acids is 1. The lowest BCUT2D eigenvalue weighted by Gasteiger charge is -2.08. The molecular weight excluding hydrogens is 273 g/mol. The Hall–Kier alpha value is -3.02. The van der Waals surface area contributed by atoms with Gasteiger partial charge in [-0.2, -0.15) is 0 Å². The van der Waals surface area contributed by atoms with E-state index < -0.39 is 17.3 Å². The minimum Gasteiger partial charge on any atom is -0.478 e. The van der Waals surface area contributed by atoms with Crippen LogP contribution in [0.4, 0.5) is 15.9 Å². The number of pyridine rings is 2. The third-order valence-electron chi connectivity index (χ3n) is 2.97. The summed E-state index contributed by atoms with van der Waals surface area (Å²) in [6, 6.07) is 10.4. The highest BCUT2D eigenvalue weighted by molar-refractivity contribution is 5.89. The highest BCUT2D eigenvalue weighted by Crippen LogP contribution is 2.22. The van der Waals surface area contributed by atoms with Gasteiger partial charge < -0.3 is 10.4 Å². The zero-order valence-corrected chi connectivity index (χ0v) is 10.7. The second kappa shape index (κ2) is 5.16. The third kappa shape index (κ3) is 2.51. The van der Waals surface area contributed by atoms with Gasteiger partial charge in [0.05, 0.1) is 17.4 Å². The molecule has 5 nitrogen and oxygen atoms in total. The predicted octanol–water partition coefficient (Wildman–Crippen LogP) is 3.21. The van der Waals surface area contributed by atoms with Crippen LogP contribution in [0, 0.1) is 5.82 Å². The number of rotatable bonds is 3. The van der Waals surface area contributed by atoms with Crippen molar-refractivity contribution in [3.63, 3.8) is 0 Å². The van der Waals surface area contributed by atoms with Crippen molar-refractivity contribution in [1.82, 2.24) is 9.97 Å². The molecule has 104 valence electrons. The summed E-state index contributed by atoms with van der Waals surface area (Å²) in [7, 11) is 0. The smallest absolute Gasteiger partial charge is 0.338 e. The molecule has 0 saturated heterocycles. The van der Waals surface area contributed by atoms with E-state index in [1.54, 1.807) is 6.07 Å². The zero-order chi connectivity index (χ0) is 14.8. The van der Waals surface area contributed by atoms with Crippen LogP contribution in [0.5, 0.6) is 0 Å². The number of para-hydroxylation sites is 1. The molecule has 0 saturated carbocycles. The topological polar surface area (TPSA) is 75.1 Å². The molecule has 0 aliphatic rings.